The number of nitrogens with one attached hydrogen (secondary N) is 2. The largest absolute Gasteiger partial charge is 0.342 e. The van der Waals surface area contributed by atoms with Gasteiger partial charge < -0.3 is 20.4 Å². The van der Waals surface area contributed by atoms with E-state index >= 15 is 26.4 Å². The van der Waals surface area contributed by atoms with E-state index in [1.807, 2.05) is 60.7 Å². The molecular formula is C52H44N6O8S2. The lowest BCUT2D eigenvalue weighted by Gasteiger charge is -2.50. The smallest absolute Gasteiger partial charge is 0.266 e. The SMILES string of the molecule is O=C1N[C@@H](Cc2ccccc2)C(=O)N2[C@H]1CC1([C@]34C[C@H]5C(=O)N[C@@H](Cc6ccccc6)C(=O)N5[C@H]3N(S(=O)(=O)c3ccccc3)c3ccccc34)c3ccccc3N(S(=O)(=O)c3ccccc3)[C@H]21. The van der Waals surface area contributed by atoms with Gasteiger partial charge in [0, 0.05) is 12.8 Å². The van der Waals surface area contributed by atoms with E-state index in [-0.39, 0.29) is 46.8 Å². The summed E-state index contributed by atoms with van der Waals surface area (Å²) in [6.07, 6.45) is -3.14. The van der Waals surface area contributed by atoms with Crippen molar-refractivity contribution >= 4 is 55.1 Å². The Labute approximate surface area is 393 Å². The zero-order chi connectivity index (χ0) is 46.7. The van der Waals surface area contributed by atoms with Gasteiger partial charge in [0.25, 0.3) is 20.0 Å². The molecule has 12 rings (SSSR count). The van der Waals surface area contributed by atoms with E-state index in [4.69, 9.17) is 0 Å². The number of sulfonamides is 2. The summed E-state index contributed by atoms with van der Waals surface area (Å²) in [5, 5.41) is 5.97. The molecule has 16 heteroatoms. The average Bonchev–Trinajstić information content (AvgIpc) is 4.07. The molecule has 8 atom stereocenters. The minimum absolute atomic E-state index is 0.0693. The maximum Gasteiger partial charge on any atom is 0.266 e. The Hall–Kier alpha value is -7.30. The van der Waals surface area contributed by atoms with Crippen LogP contribution in [0.3, 0.4) is 0 Å². The molecule has 0 bridgehead atoms. The minimum atomic E-state index is -4.61. The van der Waals surface area contributed by atoms with Gasteiger partial charge in [-0.05, 0) is 71.5 Å². The summed E-state index contributed by atoms with van der Waals surface area (Å²) < 4.78 is 65.3. The van der Waals surface area contributed by atoms with Crippen molar-refractivity contribution in [3.05, 3.63) is 192 Å². The molecule has 0 aromatic heterocycles. The number of anilines is 2. The highest BCUT2D eigenvalue weighted by molar-refractivity contribution is 7.93. The Balaban J connectivity index is 1.15. The fourth-order valence-corrected chi connectivity index (χ4v) is 15.9. The first-order chi connectivity index (χ1) is 32.9. The maximum atomic E-state index is 15.7. The summed E-state index contributed by atoms with van der Waals surface area (Å²) in [4.78, 5) is 63.8. The Morgan fingerprint density at radius 3 is 1.13 bits per heavy atom. The predicted molar refractivity (Wildman–Crippen MR) is 251 cm³/mol. The Kier molecular flexibility index (Phi) is 9.35. The fourth-order valence-electron chi connectivity index (χ4n) is 12.5. The second-order valence-corrected chi connectivity index (χ2v) is 22.0. The third kappa shape index (κ3) is 5.67. The number of fused-ring (bicyclic) bond motifs is 11. The fraction of sp³-hybridized carbons (Fsp3) is 0.231. The van der Waals surface area contributed by atoms with Gasteiger partial charge in [-0.2, -0.15) is 0 Å². The molecule has 4 amide bonds. The van der Waals surface area contributed by atoms with E-state index in [2.05, 4.69) is 10.6 Å². The highest BCUT2D eigenvalue weighted by Crippen LogP contribution is 2.72. The van der Waals surface area contributed by atoms with E-state index in [0.717, 1.165) is 11.1 Å². The summed E-state index contributed by atoms with van der Waals surface area (Å²) >= 11 is 0. The Morgan fingerprint density at radius 1 is 0.441 bits per heavy atom. The van der Waals surface area contributed by atoms with Gasteiger partial charge in [0.05, 0.1) is 32.0 Å². The van der Waals surface area contributed by atoms with Crippen LogP contribution in [0, 0.1) is 0 Å². The first-order valence-corrected chi connectivity index (χ1v) is 25.5. The lowest BCUT2D eigenvalue weighted by atomic mass is 9.54. The highest BCUT2D eigenvalue weighted by atomic mass is 32.2. The molecular weight excluding hydrogens is 901 g/mol. The topological polar surface area (TPSA) is 174 Å². The van der Waals surface area contributed by atoms with Gasteiger partial charge in [-0.15, -0.1) is 0 Å². The molecule has 342 valence electrons. The number of piperazine rings is 2. The van der Waals surface area contributed by atoms with Gasteiger partial charge in [-0.1, -0.05) is 133 Å². The summed E-state index contributed by atoms with van der Waals surface area (Å²) in [6, 6.07) is 43.2. The molecule has 6 heterocycles. The van der Waals surface area contributed by atoms with Crippen molar-refractivity contribution < 1.29 is 36.0 Å². The molecule has 1 unspecified atom stereocenters. The summed E-state index contributed by atoms with van der Waals surface area (Å²) in [5.41, 5.74) is -0.514. The van der Waals surface area contributed by atoms with Crippen molar-refractivity contribution in [2.24, 2.45) is 0 Å². The normalized spacial score (nSPS) is 28.0. The van der Waals surface area contributed by atoms with Gasteiger partial charge in [-0.3, -0.25) is 19.2 Å². The number of rotatable bonds is 9. The molecule has 0 radical (unpaired) electrons. The molecule has 2 N–H and O–H groups in total. The standard InChI is InChI=1S/C52H44N6O8S2/c59-45-43-31-51(37-25-13-15-27-41(37)57(67(63,64)35-21-9-3-10-22-35)49(51)55(43)47(61)39(53-45)29-33-17-5-1-6-18-33)52-32-44-46(60)54-40(30-34-19-7-2-8-20-34)48(62)56(44)50(52)58(42-28-16-14-26-38(42)52)68(65,66)36-23-11-4-12-24-36/h1-28,39-40,43-44,49-50H,29-32H2,(H,53,59)(H,54,60)/t39-,40-,43-,44-,49-,50-,51-,52?/m0/s1. The van der Waals surface area contributed by atoms with Crippen molar-refractivity contribution in [1.29, 1.82) is 0 Å². The molecule has 6 aromatic rings. The van der Waals surface area contributed by atoms with Crippen LogP contribution in [0.25, 0.3) is 0 Å². The van der Waals surface area contributed by atoms with E-state index in [1.54, 1.807) is 84.9 Å². The third-order valence-electron chi connectivity index (χ3n) is 15.1. The number of amides is 4. The highest BCUT2D eigenvalue weighted by Gasteiger charge is 2.82. The van der Waals surface area contributed by atoms with Crippen LogP contribution in [0.4, 0.5) is 11.4 Å². The van der Waals surface area contributed by atoms with Gasteiger partial charge in [-0.25, -0.2) is 25.4 Å². The number of para-hydroxylation sites is 2. The van der Waals surface area contributed by atoms with Crippen LogP contribution < -0.4 is 19.2 Å². The number of carbonyl (C=O) groups excluding carboxylic acids is 4. The minimum Gasteiger partial charge on any atom is -0.342 e. The van der Waals surface area contributed by atoms with Crippen LogP contribution >= 0.6 is 0 Å². The van der Waals surface area contributed by atoms with Crippen molar-refractivity contribution in [2.75, 3.05) is 8.61 Å². The maximum absolute atomic E-state index is 15.7. The van der Waals surface area contributed by atoms with Crippen molar-refractivity contribution in [1.82, 2.24) is 20.4 Å². The Morgan fingerprint density at radius 2 is 0.765 bits per heavy atom. The van der Waals surface area contributed by atoms with Crippen LogP contribution in [0.2, 0.25) is 0 Å². The molecule has 6 aromatic carbocycles. The predicted octanol–water partition coefficient (Wildman–Crippen LogP) is 4.62. The molecule has 0 saturated carbocycles. The van der Waals surface area contributed by atoms with Crippen LogP contribution in [-0.4, -0.2) is 86.8 Å². The molecule has 4 saturated heterocycles. The van der Waals surface area contributed by atoms with E-state index in [1.165, 1.54) is 42.7 Å². The number of benzene rings is 6. The van der Waals surface area contributed by atoms with E-state index < -0.39 is 91.0 Å². The zero-order valence-corrected chi connectivity index (χ0v) is 38.0. The van der Waals surface area contributed by atoms with Gasteiger partial charge in [0.15, 0.2) is 0 Å². The van der Waals surface area contributed by atoms with Crippen molar-refractivity contribution in [3.63, 3.8) is 0 Å². The summed E-state index contributed by atoms with van der Waals surface area (Å²) in [5.74, 6) is -2.05. The molecule has 14 nitrogen and oxygen atoms in total. The third-order valence-corrected chi connectivity index (χ3v) is 18.7. The summed E-state index contributed by atoms with van der Waals surface area (Å²) in [7, 11) is -9.22. The summed E-state index contributed by atoms with van der Waals surface area (Å²) in [6.45, 7) is 0. The molecule has 68 heavy (non-hydrogen) atoms. The van der Waals surface area contributed by atoms with Crippen LogP contribution in [0.15, 0.2) is 180 Å². The van der Waals surface area contributed by atoms with Crippen LogP contribution in [-0.2, 0) is 62.9 Å². The quantitative estimate of drug-likeness (QED) is 0.212. The monoisotopic (exact) mass is 944 g/mol. The van der Waals surface area contributed by atoms with Gasteiger partial charge in [0.1, 0.15) is 36.5 Å². The van der Waals surface area contributed by atoms with E-state index in [9.17, 15) is 9.59 Å². The van der Waals surface area contributed by atoms with E-state index in [0.29, 0.717) is 11.1 Å². The van der Waals surface area contributed by atoms with Crippen LogP contribution in [0.1, 0.15) is 35.1 Å². The molecule has 0 aliphatic carbocycles. The van der Waals surface area contributed by atoms with Crippen LogP contribution in [0.5, 0.6) is 0 Å². The first kappa shape index (κ1) is 42.1. The number of hydrogen-bond donors (Lipinski definition) is 2. The Bertz CT molecular complexity index is 3070. The van der Waals surface area contributed by atoms with Crippen molar-refractivity contribution in [3.8, 4) is 0 Å². The average molecular weight is 945 g/mol. The molecule has 6 aliphatic heterocycles. The first-order valence-electron chi connectivity index (χ1n) is 22.6. The molecule has 0 spiro atoms. The second kappa shape index (κ2) is 15.1. The second-order valence-electron chi connectivity index (χ2n) is 18.4. The molecule has 6 aliphatic rings. The molecule has 4 fully saturated rings. The van der Waals surface area contributed by atoms with Gasteiger partial charge in [0.2, 0.25) is 23.6 Å². The van der Waals surface area contributed by atoms with Crippen molar-refractivity contribution in [2.45, 2.75) is 82.8 Å². The zero-order valence-electron chi connectivity index (χ0n) is 36.3. The lowest BCUT2D eigenvalue weighted by molar-refractivity contribution is -0.149. The number of carbonyl (C=O) groups is 4. The van der Waals surface area contributed by atoms with Gasteiger partial charge >= 0.3 is 0 Å². The number of hydrogen-bond acceptors (Lipinski definition) is 8. The lowest BCUT2D eigenvalue weighted by Crippen LogP contribution is -2.69. The number of nitrogens with zero attached hydrogens (tertiary/aromatic N) is 4.